The number of carboxylic acids is 2. The monoisotopic (exact) mass is 918 g/mol. The van der Waals surface area contributed by atoms with Gasteiger partial charge in [-0.1, -0.05) is 180 Å². The molecule has 64 heavy (non-hydrogen) atoms. The number of rotatable bonds is 44. The summed E-state index contributed by atoms with van der Waals surface area (Å²) >= 11 is 1.50. The Balaban J connectivity index is 2.46. The number of aliphatic carboxylic acids is 2. The minimum Gasteiger partial charge on any atom is -0.481 e. The number of nitrogens with one attached hydrogen (secondary N) is 3. The van der Waals surface area contributed by atoms with Crippen molar-refractivity contribution in [2.75, 3.05) is 18.1 Å². The lowest BCUT2D eigenvalue weighted by atomic mass is 10.0. The number of carbonyl (C=O) groups excluding carboxylic acids is 4. The van der Waals surface area contributed by atoms with Crippen LogP contribution in [0.3, 0.4) is 0 Å². The molecule has 1 unspecified atom stereocenters. The zero-order valence-corrected chi connectivity index (χ0v) is 40.7. The molecule has 0 aliphatic rings. The Bertz CT molecular complexity index is 1390. The van der Waals surface area contributed by atoms with Gasteiger partial charge in [-0.2, -0.15) is 11.8 Å². The molecule has 1 rings (SSSR count). The second-order valence-corrected chi connectivity index (χ2v) is 18.6. The van der Waals surface area contributed by atoms with E-state index in [-0.39, 0.29) is 55.7 Å². The summed E-state index contributed by atoms with van der Waals surface area (Å²) in [6.07, 6.45) is 32.2. The van der Waals surface area contributed by atoms with Crippen molar-refractivity contribution in [3.63, 3.8) is 0 Å². The molecule has 0 radical (unpaired) electrons. The molecule has 0 bridgehead atoms. The number of hydrogen-bond acceptors (Lipinski definition) is 8. The first-order valence-electron chi connectivity index (χ1n) is 25.2. The van der Waals surface area contributed by atoms with Crippen LogP contribution in [0.25, 0.3) is 0 Å². The van der Waals surface area contributed by atoms with Crippen molar-refractivity contribution < 1.29 is 43.7 Å². The molecule has 1 aromatic carbocycles. The van der Waals surface area contributed by atoms with Crippen LogP contribution >= 0.6 is 11.8 Å². The van der Waals surface area contributed by atoms with E-state index in [0.717, 1.165) is 44.1 Å². The first-order valence-corrected chi connectivity index (χ1v) is 26.4. The third kappa shape index (κ3) is 34.8. The Hall–Kier alpha value is -3.61. The van der Waals surface area contributed by atoms with E-state index in [1.165, 1.54) is 152 Å². The van der Waals surface area contributed by atoms with Gasteiger partial charge < -0.3 is 30.9 Å². The van der Waals surface area contributed by atoms with Gasteiger partial charge in [-0.25, -0.2) is 4.79 Å². The van der Waals surface area contributed by atoms with Crippen LogP contribution in [0.5, 0.6) is 0 Å². The van der Waals surface area contributed by atoms with Crippen molar-refractivity contribution in [3.8, 4) is 0 Å². The van der Waals surface area contributed by atoms with Gasteiger partial charge in [0.05, 0.1) is 6.54 Å². The molecule has 5 N–H and O–H groups in total. The first-order chi connectivity index (χ1) is 31.0. The van der Waals surface area contributed by atoms with Gasteiger partial charge in [0.1, 0.15) is 12.1 Å². The third-order valence-corrected chi connectivity index (χ3v) is 12.7. The summed E-state index contributed by atoms with van der Waals surface area (Å²) in [5.41, 5.74) is 0.951. The quantitative estimate of drug-likeness (QED) is 0.0311. The van der Waals surface area contributed by atoms with Gasteiger partial charge >= 0.3 is 17.9 Å². The molecule has 12 nitrogen and oxygen atoms in total. The predicted molar refractivity (Wildman–Crippen MR) is 260 cm³/mol. The van der Waals surface area contributed by atoms with E-state index in [1.54, 1.807) is 12.1 Å². The maximum absolute atomic E-state index is 12.9. The highest BCUT2D eigenvalue weighted by Gasteiger charge is 2.22. The van der Waals surface area contributed by atoms with Gasteiger partial charge in [0.25, 0.3) is 5.91 Å². The standard InChI is InChI=1S/C51H87N3O9S/c1-3-5-7-9-11-13-15-17-19-21-23-25-27-29-46(55)53-40-44(63-49(59)30-28-26-24-22-20-18-16-14-12-10-8-6-4-2)41-64-38-37-47(56)52-39-42-31-33-43(34-32-42)50(60)54-45(51(61)62)35-36-48(57)58/h31-34,44-45H,3-30,35-41H2,1-2H3,(H,52,56)(H,53,55)(H,54,60)(H,57,58)(H,61,62)/t44?,45-/m0/s1. The van der Waals surface area contributed by atoms with Gasteiger partial charge in [-0.15, -0.1) is 0 Å². The molecule has 0 saturated heterocycles. The van der Waals surface area contributed by atoms with Gasteiger partial charge in [0.2, 0.25) is 11.8 Å². The summed E-state index contributed by atoms with van der Waals surface area (Å²) in [5.74, 6) is -2.59. The molecule has 0 aliphatic carbocycles. The topological polar surface area (TPSA) is 188 Å². The van der Waals surface area contributed by atoms with Crippen LogP contribution in [0.4, 0.5) is 0 Å². The lowest BCUT2D eigenvalue weighted by Crippen LogP contribution is -2.41. The number of benzene rings is 1. The number of carboxylic acid groups (broad SMARTS) is 2. The summed E-state index contributed by atoms with van der Waals surface area (Å²) in [6, 6.07) is 5.01. The Kier molecular flexibility index (Phi) is 37.3. The first kappa shape index (κ1) is 58.4. The normalized spacial score (nSPS) is 12.0. The fourth-order valence-corrected chi connectivity index (χ4v) is 8.44. The summed E-state index contributed by atoms with van der Waals surface area (Å²) in [7, 11) is 0. The molecule has 13 heteroatoms. The number of ether oxygens (including phenoxy) is 1. The minimum atomic E-state index is -1.32. The zero-order valence-electron chi connectivity index (χ0n) is 39.9. The highest BCUT2D eigenvalue weighted by Crippen LogP contribution is 2.16. The van der Waals surface area contributed by atoms with Crippen molar-refractivity contribution in [1.29, 1.82) is 0 Å². The number of thioether (sulfide) groups is 1. The lowest BCUT2D eigenvalue weighted by molar-refractivity contribution is -0.148. The number of carbonyl (C=O) groups is 6. The Labute approximate surface area is 390 Å². The second-order valence-electron chi connectivity index (χ2n) is 17.5. The van der Waals surface area contributed by atoms with Crippen LogP contribution in [-0.4, -0.2) is 76.0 Å². The van der Waals surface area contributed by atoms with Crippen LogP contribution in [-0.2, 0) is 35.3 Å². The van der Waals surface area contributed by atoms with Crippen LogP contribution in [0.1, 0.15) is 229 Å². The molecule has 1 aromatic rings. The molecular weight excluding hydrogens is 831 g/mol. The molecule has 2 atom stereocenters. The Morgan fingerprint density at radius 1 is 0.562 bits per heavy atom. The molecular formula is C51H87N3O9S. The van der Waals surface area contributed by atoms with Gasteiger partial charge in [0, 0.05) is 49.3 Å². The van der Waals surface area contributed by atoms with Crippen LogP contribution in [0.15, 0.2) is 24.3 Å². The zero-order chi connectivity index (χ0) is 46.9. The van der Waals surface area contributed by atoms with E-state index >= 15 is 0 Å². The highest BCUT2D eigenvalue weighted by molar-refractivity contribution is 7.99. The molecule has 3 amide bonds. The van der Waals surface area contributed by atoms with E-state index in [9.17, 15) is 33.9 Å². The molecule has 0 fully saturated rings. The van der Waals surface area contributed by atoms with Crippen molar-refractivity contribution in [2.45, 2.75) is 232 Å². The average Bonchev–Trinajstić information content (AvgIpc) is 3.27. The number of esters is 1. The fraction of sp³-hybridized carbons (Fsp3) is 0.765. The van der Waals surface area contributed by atoms with Gasteiger partial charge in [-0.3, -0.25) is 24.0 Å². The summed E-state index contributed by atoms with van der Waals surface area (Å²) < 4.78 is 5.87. The average molecular weight is 918 g/mol. The Morgan fingerprint density at radius 3 is 1.48 bits per heavy atom. The molecule has 0 aliphatic heterocycles. The second kappa shape index (κ2) is 40.9. The third-order valence-electron chi connectivity index (χ3n) is 11.6. The van der Waals surface area contributed by atoms with Crippen LogP contribution in [0, 0.1) is 0 Å². The van der Waals surface area contributed by atoms with Crippen molar-refractivity contribution in [1.82, 2.24) is 16.0 Å². The van der Waals surface area contributed by atoms with Crippen molar-refractivity contribution in [3.05, 3.63) is 35.4 Å². The maximum Gasteiger partial charge on any atom is 0.326 e. The van der Waals surface area contributed by atoms with Crippen molar-refractivity contribution in [2.24, 2.45) is 0 Å². The minimum absolute atomic E-state index is 0.0288. The number of amides is 3. The molecule has 0 saturated carbocycles. The molecule has 0 heterocycles. The predicted octanol–water partition coefficient (Wildman–Crippen LogP) is 11.5. The maximum atomic E-state index is 12.9. The highest BCUT2D eigenvalue weighted by atomic mass is 32.2. The fourth-order valence-electron chi connectivity index (χ4n) is 7.50. The van der Waals surface area contributed by atoms with E-state index in [4.69, 9.17) is 9.84 Å². The summed E-state index contributed by atoms with van der Waals surface area (Å²) in [6.45, 7) is 4.97. The molecule has 0 spiro atoms. The van der Waals surface area contributed by atoms with Crippen LogP contribution < -0.4 is 16.0 Å². The van der Waals surface area contributed by atoms with Crippen LogP contribution in [0.2, 0.25) is 0 Å². The largest absolute Gasteiger partial charge is 0.481 e. The number of unbranched alkanes of at least 4 members (excludes halogenated alkanes) is 24. The molecule has 366 valence electrons. The number of hydrogen-bond donors (Lipinski definition) is 5. The van der Waals surface area contributed by atoms with Gasteiger partial charge in [0.15, 0.2) is 0 Å². The summed E-state index contributed by atoms with van der Waals surface area (Å²) in [5, 5.41) is 26.4. The molecule has 0 aromatic heterocycles. The SMILES string of the molecule is CCCCCCCCCCCCCCCC(=O)NCC(CSCCC(=O)NCc1ccc(C(=O)N[C@@H](CCC(=O)O)C(=O)O)cc1)OC(=O)CCCCCCCCCCCCCCC. The van der Waals surface area contributed by atoms with E-state index in [2.05, 4.69) is 29.8 Å². The van der Waals surface area contributed by atoms with Crippen molar-refractivity contribution >= 4 is 47.4 Å². The Morgan fingerprint density at radius 2 is 1.02 bits per heavy atom. The lowest BCUT2D eigenvalue weighted by Gasteiger charge is -2.18. The van der Waals surface area contributed by atoms with E-state index in [1.807, 2.05) is 0 Å². The van der Waals surface area contributed by atoms with E-state index in [0.29, 0.717) is 24.3 Å². The van der Waals surface area contributed by atoms with E-state index < -0.39 is 30.0 Å². The summed E-state index contributed by atoms with van der Waals surface area (Å²) in [4.78, 5) is 73.1. The smallest absolute Gasteiger partial charge is 0.326 e. The van der Waals surface area contributed by atoms with Gasteiger partial charge in [-0.05, 0) is 37.0 Å².